The van der Waals surface area contributed by atoms with E-state index < -0.39 is 0 Å². The smallest absolute Gasteiger partial charge is 0.235 e. The van der Waals surface area contributed by atoms with Crippen LogP contribution in [0.4, 0.5) is 0 Å². The van der Waals surface area contributed by atoms with E-state index in [1.165, 1.54) is 11.3 Å². The van der Waals surface area contributed by atoms with Gasteiger partial charge in [-0.05, 0) is 29.8 Å². The Morgan fingerprint density at radius 1 is 1.09 bits per heavy atom. The number of nitrogens with zero attached hydrogens (tertiary/aromatic N) is 4. The van der Waals surface area contributed by atoms with Gasteiger partial charge in [-0.2, -0.15) is 9.61 Å². The summed E-state index contributed by atoms with van der Waals surface area (Å²) in [5.74, 6) is 1.20. The van der Waals surface area contributed by atoms with Crippen molar-refractivity contribution in [1.82, 2.24) is 19.8 Å². The minimum absolute atomic E-state index is 0.546. The van der Waals surface area contributed by atoms with Crippen molar-refractivity contribution in [1.29, 1.82) is 0 Å². The first-order chi connectivity index (χ1) is 10.7. The fourth-order valence-electron chi connectivity index (χ4n) is 2.14. The molecule has 0 spiro atoms. The van der Waals surface area contributed by atoms with E-state index in [0.29, 0.717) is 33.0 Å². The first-order valence-electron chi connectivity index (χ1n) is 6.40. The zero-order chi connectivity index (χ0) is 15.1. The number of rotatable bonds is 3. The van der Waals surface area contributed by atoms with Crippen LogP contribution in [0.3, 0.4) is 0 Å². The molecule has 0 aliphatic heterocycles. The molecule has 110 valence electrons. The van der Waals surface area contributed by atoms with Crippen LogP contribution in [-0.4, -0.2) is 19.8 Å². The van der Waals surface area contributed by atoms with Gasteiger partial charge in [0.1, 0.15) is 5.01 Å². The van der Waals surface area contributed by atoms with Crippen LogP contribution in [0.2, 0.25) is 10.0 Å². The van der Waals surface area contributed by atoms with E-state index in [1.807, 2.05) is 24.3 Å². The predicted molar refractivity (Wildman–Crippen MR) is 85.6 cm³/mol. The van der Waals surface area contributed by atoms with Crippen molar-refractivity contribution in [2.75, 3.05) is 0 Å². The highest BCUT2D eigenvalue weighted by atomic mass is 35.5. The van der Waals surface area contributed by atoms with E-state index >= 15 is 0 Å². The number of halogens is 2. The van der Waals surface area contributed by atoms with Gasteiger partial charge in [0.25, 0.3) is 0 Å². The number of fused-ring (bicyclic) bond motifs is 1. The van der Waals surface area contributed by atoms with Gasteiger partial charge in [-0.15, -0.1) is 10.2 Å². The minimum Gasteiger partial charge on any atom is -0.461 e. The normalized spacial score (nSPS) is 11.4. The molecule has 0 amide bonds. The Balaban J connectivity index is 1.75. The van der Waals surface area contributed by atoms with Crippen molar-refractivity contribution in [3.63, 3.8) is 0 Å². The maximum absolute atomic E-state index is 6.21. The summed E-state index contributed by atoms with van der Waals surface area (Å²) in [6.07, 6.45) is 2.14. The monoisotopic (exact) mass is 350 g/mol. The fourth-order valence-corrected chi connectivity index (χ4v) is 3.52. The third-order valence-corrected chi connectivity index (χ3v) is 4.77. The van der Waals surface area contributed by atoms with Gasteiger partial charge in [-0.1, -0.05) is 40.6 Å². The molecule has 0 saturated carbocycles. The van der Waals surface area contributed by atoms with Crippen LogP contribution < -0.4 is 0 Å². The van der Waals surface area contributed by atoms with Gasteiger partial charge in [0.15, 0.2) is 5.76 Å². The maximum Gasteiger partial charge on any atom is 0.235 e. The first-order valence-corrected chi connectivity index (χ1v) is 7.97. The van der Waals surface area contributed by atoms with E-state index in [9.17, 15) is 0 Å². The van der Waals surface area contributed by atoms with Crippen molar-refractivity contribution in [3.8, 4) is 11.6 Å². The Morgan fingerprint density at radius 2 is 1.91 bits per heavy atom. The number of aromatic nitrogens is 4. The molecular formula is C14H8Cl2N4OS. The zero-order valence-electron chi connectivity index (χ0n) is 11.0. The molecule has 0 bridgehead atoms. The van der Waals surface area contributed by atoms with Crippen molar-refractivity contribution in [2.45, 2.75) is 6.42 Å². The number of furan rings is 1. The first kappa shape index (κ1) is 13.8. The molecule has 3 heterocycles. The van der Waals surface area contributed by atoms with Gasteiger partial charge < -0.3 is 4.42 Å². The molecule has 0 fully saturated rings. The van der Waals surface area contributed by atoms with Crippen LogP contribution in [0.15, 0.2) is 41.0 Å². The number of hydrogen-bond donors (Lipinski definition) is 0. The van der Waals surface area contributed by atoms with E-state index in [4.69, 9.17) is 27.6 Å². The molecule has 8 heteroatoms. The lowest BCUT2D eigenvalue weighted by Gasteiger charge is -2.03. The molecule has 0 atom stereocenters. The van der Waals surface area contributed by atoms with E-state index in [0.717, 1.165) is 10.6 Å². The van der Waals surface area contributed by atoms with Crippen molar-refractivity contribution >= 4 is 39.5 Å². The average molecular weight is 351 g/mol. The summed E-state index contributed by atoms with van der Waals surface area (Å²) < 4.78 is 7.02. The fraction of sp³-hybridized carbons (Fsp3) is 0.0714. The standard InChI is InChI=1S/C14H8Cl2N4OS/c15-9-3-1-4-10(16)8(9)7-12-19-20-13(11-5-2-6-21-11)17-18-14(20)22-12/h1-6H,7H2. The molecule has 5 nitrogen and oxygen atoms in total. The third-order valence-electron chi connectivity index (χ3n) is 3.16. The highest BCUT2D eigenvalue weighted by Crippen LogP contribution is 2.29. The Morgan fingerprint density at radius 3 is 2.64 bits per heavy atom. The van der Waals surface area contributed by atoms with Crippen LogP contribution >= 0.6 is 34.5 Å². The Kier molecular flexibility index (Phi) is 3.37. The molecule has 0 aliphatic carbocycles. The molecule has 4 aromatic rings. The van der Waals surface area contributed by atoms with Crippen molar-refractivity contribution < 1.29 is 4.42 Å². The maximum atomic E-state index is 6.21. The molecule has 0 radical (unpaired) electrons. The summed E-state index contributed by atoms with van der Waals surface area (Å²) in [6.45, 7) is 0. The largest absolute Gasteiger partial charge is 0.461 e. The second-order valence-electron chi connectivity index (χ2n) is 4.57. The van der Waals surface area contributed by atoms with E-state index in [-0.39, 0.29) is 0 Å². The molecule has 0 saturated heterocycles. The topological polar surface area (TPSA) is 56.2 Å². The lowest BCUT2D eigenvalue weighted by Crippen LogP contribution is -1.94. The molecule has 0 unspecified atom stereocenters. The second-order valence-corrected chi connectivity index (χ2v) is 6.42. The van der Waals surface area contributed by atoms with E-state index in [2.05, 4.69) is 15.3 Å². The lowest BCUT2D eigenvalue weighted by molar-refractivity contribution is 0.574. The van der Waals surface area contributed by atoms with Gasteiger partial charge in [-0.25, -0.2) is 0 Å². The summed E-state index contributed by atoms with van der Waals surface area (Å²) in [6, 6.07) is 9.07. The molecule has 1 aromatic carbocycles. The summed E-state index contributed by atoms with van der Waals surface area (Å²) in [4.78, 5) is 0.699. The summed E-state index contributed by atoms with van der Waals surface area (Å²) in [5, 5.41) is 14.9. The van der Waals surface area contributed by atoms with Crippen LogP contribution in [-0.2, 0) is 6.42 Å². The highest BCUT2D eigenvalue weighted by Gasteiger charge is 2.16. The lowest BCUT2D eigenvalue weighted by atomic mass is 10.1. The molecule has 3 aromatic heterocycles. The SMILES string of the molecule is Clc1cccc(Cl)c1Cc1nn2c(-c3ccco3)nnc2s1. The molecule has 4 rings (SSSR count). The van der Waals surface area contributed by atoms with Crippen LogP contribution in [0, 0.1) is 0 Å². The summed E-state index contributed by atoms with van der Waals surface area (Å²) in [7, 11) is 0. The number of hydrogen-bond acceptors (Lipinski definition) is 5. The van der Waals surface area contributed by atoms with Gasteiger partial charge in [-0.3, -0.25) is 0 Å². The zero-order valence-corrected chi connectivity index (χ0v) is 13.4. The van der Waals surface area contributed by atoms with Gasteiger partial charge in [0.2, 0.25) is 10.8 Å². The quantitative estimate of drug-likeness (QED) is 0.551. The van der Waals surface area contributed by atoms with E-state index in [1.54, 1.807) is 16.8 Å². The highest BCUT2D eigenvalue weighted by molar-refractivity contribution is 7.16. The second kappa shape index (κ2) is 5.39. The Labute approximate surface area is 139 Å². The van der Waals surface area contributed by atoms with Crippen LogP contribution in [0.5, 0.6) is 0 Å². The summed E-state index contributed by atoms with van der Waals surface area (Å²) in [5.41, 5.74) is 0.857. The van der Waals surface area contributed by atoms with Crippen molar-refractivity contribution in [2.24, 2.45) is 0 Å². The van der Waals surface area contributed by atoms with Crippen LogP contribution in [0.1, 0.15) is 10.6 Å². The Hall–Kier alpha value is -1.89. The van der Waals surface area contributed by atoms with Crippen molar-refractivity contribution in [3.05, 3.63) is 57.2 Å². The number of benzene rings is 1. The minimum atomic E-state index is 0.546. The predicted octanol–water partition coefficient (Wildman–Crippen LogP) is 4.34. The Bertz CT molecular complexity index is 925. The molecular weight excluding hydrogens is 343 g/mol. The third kappa shape index (κ3) is 2.29. The van der Waals surface area contributed by atoms with Gasteiger partial charge in [0, 0.05) is 16.5 Å². The van der Waals surface area contributed by atoms with Gasteiger partial charge in [0.05, 0.1) is 6.26 Å². The van der Waals surface area contributed by atoms with Gasteiger partial charge >= 0.3 is 0 Å². The average Bonchev–Trinajstić information content (AvgIpc) is 3.19. The van der Waals surface area contributed by atoms with Crippen LogP contribution in [0.25, 0.3) is 16.5 Å². The molecule has 0 aliphatic rings. The molecule has 0 N–H and O–H groups in total. The summed E-state index contributed by atoms with van der Waals surface area (Å²) >= 11 is 13.9. The molecule has 22 heavy (non-hydrogen) atoms.